The van der Waals surface area contributed by atoms with Crippen LogP contribution in [0.15, 0.2) is 21.1 Å². The van der Waals surface area contributed by atoms with Gasteiger partial charge in [0.25, 0.3) is 0 Å². The Morgan fingerprint density at radius 1 is 1.24 bits per heavy atom. The Kier molecular flexibility index (Phi) is 6.48. The van der Waals surface area contributed by atoms with E-state index in [1.807, 2.05) is 21.1 Å². The average Bonchev–Trinajstić information content (AvgIpc) is 2.22. The fourth-order valence-corrected chi connectivity index (χ4v) is 2.90. The van der Waals surface area contributed by atoms with Crippen molar-refractivity contribution < 1.29 is 4.74 Å². The van der Waals surface area contributed by atoms with Crippen LogP contribution in [0.1, 0.15) is 5.56 Å². The summed E-state index contributed by atoms with van der Waals surface area (Å²) >= 11 is 7.08. The van der Waals surface area contributed by atoms with Crippen molar-refractivity contribution in [1.82, 2.24) is 10.2 Å². The van der Waals surface area contributed by atoms with Crippen LogP contribution in [0, 0.1) is 0 Å². The van der Waals surface area contributed by atoms with Crippen molar-refractivity contribution in [3.63, 3.8) is 0 Å². The summed E-state index contributed by atoms with van der Waals surface area (Å²) in [7, 11) is 6.00. The van der Waals surface area contributed by atoms with E-state index in [1.165, 1.54) is 5.56 Å². The zero-order valence-corrected chi connectivity index (χ0v) is 13.6. The van der Waals surface area contributed by atoms with Crippen LogP contribution in [0.2, 0.25) is 0 Å². The molecule has 5 heteroatoms. The number of benzene rings is 1. The fourth-order valence-electron chi connectivity index (χ4n) is 1.39. The highest BCUT2D eigenvalue weighted by Gasteiger charge is 2.08. The second-order valence-electron chi connectivity index (χ2n) is 4.07. The van der Waals surface area contributed by atoms with E-state index in [0.717, 1.165) is 27.8 Å². The Bertz CT molecular complexity index is 347. The highest BCUT2D eigenvalue weighted by molar-refractivity contribution is 9.11. The van der Waals surface area contributed by atoms with Crippen LogP contribution in [0.5, 0.6) is 5.75 Å². The lowest BCUT2D eigenvalue weighted by Crippen LogP contribution is -2.19. The molecule has 0 unspecified atom stereocenters. The summed E-state index contributed by atoms with van der Waals surface area (Å²) in [5, 5.41) is 3.13. The summed E-state index contributed by atoms with van der Waals surface area (Å²) < 4.78 is 7.72. The van der Waals surface area contributed by atoms with Crippen LogP contribution in [-0.4, -0.2) is 39.2 Å². The molecule has 0 aliphatic heterocycles. The summed E-state index contributed by atoms with van der Waals surface area (Å²) in [5.41, 5.74) is 1.21. The maximum Gasteiger partial charge on any atom is 0.147 e. The molecule has 0 atom stereocenters. The van der Waals surface area contributed by atoms with Gasteiger partial charge >= 0.3 is 0 Å². The van der Waals surface area contributed by atoms with Gasteiger partial charge in [0, 0.05) is 13.1 Å². The molecule has 17 heavy (non-hydrogen) atoms. The molecule has 1 rings (SSSR count). The van der Waals surface area contributed by atoms with Gasteiger partial charge in [-0.2, -0.15) is 0 Å². The summed E-state index contributed by atoms with van der Waals surface area (Å²) in [4.78, 5) is 2.09. The fraction of sp³-hybridized carbons (Fsp3) is 0.500. The lowest BCUT2D eigenvalue weighted by Gasteiger charge is -2.14. The largest absolute Gasteiger partial charge is 0.490 e. The third-order valence-corrected chi connectivity index (χ3v) is 3.40. The first-order chi connectivity index (χ1) is 8.04. The Labute approximate surface area is 120 Å². The van der Waals surface area contributed by atoms with E-state index >= 15 is 0 Å². The monoisotopic (exact) mass is 364 g/mol. The van der Waals surface area contributed by atoms with E-state index < -0.39 is 0 Å². The van der Waals surface area contributed by atoms with Crippen LogP contribution in [-0.2, 0) is 6.54 Å². The number of ether oxygens (including phenoxy) is 1. The van der Waals surface area contributed by atoms with E-state index in [1.54, 1.807) is 0 Å². The van der Waals surface area contributed by atoms with Gasteiger partial charge in [0.05, 0.1) is 8.95 Å². The van der Waals surface area contributed by atoms with E-state index in [0.29, 0.717) is 6.61 Å². The number of hydrogen-bond acceptors (Lipinski definition) is 3. The molecule has 1 aromatic rings. The standard InChI is InChI=1S/C12H18Br2N2O/c1-15-8-9-6-10(13)12(11(14)7-9)17-5-4-16(2)3/h6-7,15H,4-5,8H2,1-3H3. The molecule has 0 heterocycles. The molecule has 0 saturated heterocycles. The Balaban J connectivity index is 2.72. The quantitative estimate of drug-likeness (QED) is 0.838. The minimum absolute atomic E-state index is 0.676. The van der Waals surface area contributed by atoms with Crippen molar-refractivity contribution in [2.45, 2.75) is 6.54 Å². The lowest BCUT2D eigenvalue weighted by atomic mass is 10.2. The molecule has 0 aliphatic rings. The number of rotatable bonds is 6. The van der Waals surface area contributed by atoms with Gasteiger partial charge in [-0.15, -0.1) is 0 Å². The van der Waals surface area contributed by atoms with Crippen LogP contribution in [0.4, 0.5) is 0 Å². The zero-order valence-electron chi connectivity index (χ0n) is 10.4. The third-order valence-electron chi connectivity index (χ3n) is 2.22. The van der Waals surface area contributed by atoms with Crippen LogP contribution >= 0.6 is 31.9 Å². The predicted octanol–water partition coefficient (Wildman–Crippen LogP) is 2.87. The van der Waals surface area contributed by atoms with Gasteiger partial charge in [0.2, 0.25) is 0 Å². The first-order valence-corrected chi connectivity index (χ1v) is 7.03. The normalized spacial score (nSPS) is 10.9. The smallest absolute Gasteiger partial charge is 0.147 e. The minimum atomic E-state index is 0.676. The summed E-state index contributed by atoms with van der Waals surface area (Å²) in [6.45, 7) is 2.42. The SMILES string of the molecule is CNCc1cc(Br)c(OCCN(C)C)c(Br)c1. The van der Waals surface area contributed by atoms with Gasteiger partial charge in [-0.1, -0.05) is 0 Å². The summed E-state index contributed by atoms with van der Waals surface area (Å²) in [5.74, 6) is 0.867. The molecule has 0 saturated carbocycles. The van der Waals surface area contributed by atoms with Gasteiger partial charge in [-0.05, 0) is 70.7 Å². The molecule has 0 aliphatic carbocycles. The highest BCUT2D eigenvalue weighted by atomic mass is 79.9. The molecule has 1 aromatic carbocycles. The molecule has 3 nitrogen and oxygen atoms in total. The number of nitrogens with zero attached hydrogens (tertiary/aromatic N) is 1. The first-order valence-electron chi connectivity index (χ1n) is 5.44. The molecule has 0 spiro atoms. The summed E-state index contributed by atoms with van der Waals surface area (Å²) in [6.07, 6.45) is 0. The number of likely N-dealkylation sites (N-methyl/N-ethyl adjacent to an activating group) is 1. The van der Waals surface area contributed by atoms with Crippen molar-refractivity contribution >= 4 is 31.9 Å². The van der Waals surface area contributed by atoms with E-state index in [4.69, 9.17) is 4.74 Å². The van der Waals surface area contributed by atoms with Crippen molar-refractivity contribution in [2.75, 3.05) is 34.3 Å². The van der Waals surface area contributed by atoms with Crippen LogP contribution in [0.3, 0.4) is 0 Å². The second-order valence-corrected chi connectivity index (χ2v) is 5.78. The van der Waals surface area contributed by atoms with Crippen molar-refractivity contribution in [3.8, 4) is 5.75 Å². The Morgan fingerprint density at radius 2 is 1.82 bits per heavy atom. The number of halogens is 2. The van der Waals surface area contributed by atoms with Crippen molar-refractivity contribution in [3.05, 3.63) is 26.6 Å². The highest BCUT2D eigenvalue weighted by Crippen LogP contribution is 2.34. The molecular weight excluding hydrogens is 348 g/mol. The van der Waals surface area contributed by atoms with Crippen LogP contribution in [0.25, 0.3) is 0 Å². The van der Waals surface area contributed by atoms with E-state index in [9.17, 15) is 0 Å². The molecule has 0 aromatic heterocycles. The van der Waals surface area contributed by atoms with E-state index in [-0.39, 0.29) is 0 Å². The third kappa shape index (κ3) is 4.95. The van der Waals surface area contributed by atoms with Gasteiger partial charge in [0.1, 0.15) is 12.4 Å². The molecule has 0 amide bonds. The van der Waals surface area contributed by atoms with Crippen LogP contribution < -0.4 is 10.1 Å². The number of nitrogens with one attached hydrogen (secondary N) is 1. The van der Waals surface area contributed by atoms with Gasteiger partial charge in [-0.3, -0.25) is 0 Å². The first kappa shape index (κ1) is 15.0. The zero-order chi connectivity index (χ0) is 12.8. The van der Waals surface area contributed by atoms with E-state index in [2.05, 4.69) is 54.2 Å². The molecule has 96 valence electrons. The Morgan fingerprint density at radius 3 is 2.29 bits per heavy atom. The molecule has 0 fully saturated rings. The predicted molar refractivity (Wildman–Crippen MR) is 78.7 cm³/mol. The summed E-state index contributed by atoms with van der Waals surface area (Å²) in [6, 6.07) is 4.15. The molecule has 0 bridgehead atoms. The lowest BCUT2D eigenvalue weighted by molar-refractivity contribution is 0.259. The van der Waals surface area contributed by atoms with Crippen molar-refractivity contribution in [2.24, 2.45) is 0 Å². The molecule has 0 radical (unpaired) electrons. The topological polar surface area (TPSA) is 24.5 Å². The number of hydrogen-bond donors (Lipinski definition) is 1. The minimum Gasteiger partial charge on any atom is -0.490 e. The molecule has 1 N–H and O–H groups in total. The maximum absolute atomic E-state index is 5.76. The van der Waals surface area contributed by atoms with Gasteiger partial charge in [-0.25, -0.2) is 0 Å². The maximum atomic E-state index is 5.76. The van der Waals surface area contributed by atoms with Gasteiger partial charge < -0.3 is 15.0 Å². The Hall–Kier alpha value is -0.100. The average molecular weight is 366 g/mol. The van der Waals surface area contributed by atoms with Crippen molar-refractivity contribution in [1.29, 1.82) is 0 Å². The molecular formula is C12H18Br2N2O. The second kappa shape index (κ2) is 7.36. The van der Waals surface area contributed by atoms with Gasteiger partial charge in [0.15, 0.2) is 0 Å².